The molecule has 0 bridgehead atoms. The maximum Gasteiger partial charge on any atom is 0.263 e. The molecule has 2 amide bonds. The first-order chi connectivity index (χ1) is 14.4. The minimum atomic E-state index is -0.254. The summed E-state index contributed by atoms with van der Waals surface area (Å²) in [4.78, 5) is 37.5. The first-order valence-electron chi connectivity index (χ1n) is 9.61. The molecule has 1 aromatic heterocycles. The van der Waals surface area contributed by atoms with Crippen LogP contribution in [0.3, 0.4) is 0 Å². The van der Waals surface area contributed by atoms with Crippen LogP contribution >= 0.6 is 11.3 Å². The van der Waals surface area contributed by atoms with Crippen LogP contribution < -0.4 is 16.0 Å². The number of benzene rings is 2. The van der Waals surface area contributed by atoms with Gasteiger partial charge in [-0.25, -0.2) is 0 Å². The number of anilines is 2. The van der Waals surface area contributed by atoms with E-state index in [-0.39, 0.29) is 30.1 Å². The van der Waals surface area contributed by atoms with Crippen LogP contribution in [-0.2, 0) is 11.2 Å². The topological polar surface area (TPSA) is 87.3 Å². The highest BCUT2D eigenvalue weighted by Crippen LogP contribution is 2.37. The maximum atomic E-state index is 12.8. The lowest BCUT2D eigenvalue weighted by molar-refractivity contribution is -0.114. The van der Waals surface area contributed by atoms with Crippen LogP contribution in [0.1, 0.15) is 32.5 Å². The Labute approximate surface area is 178 Å². The molecular weight excluding hydrogens is 398 g/mol. The standard InChI is InChI=1S/C23H21N3O3S/c1-3-17(27)10-14-5-4-6-16(9-14)26-22(28)15-7-8-19-18(11-15)20-21(30-19)23(29)25-13(2)12-24-20/h3-9,11,13,24H,1,10,12H2,2H3,(H,25,29)(H,26,28)/t13-/m1/s1. The van der Waals surface area contributed by atoms with Crippen LogP contribution in [0.5, 0.6) is 0 Å². The Morgan fingerprint density at radius 1 is 1.27 bits per heavy atom. The number of thiophene rings is 1. The number of rotatable bonds is 5. The Kier molecular flexibility index (Phi) is 5.37. The van der Waals surface area contributed by atoms with Crippen molar-refractivity contribution >= 4 is 50.4 Å². The monoisotopic (exact) mass is 419 g/mol. The van der Waals surface area contributed by atoms with Gasteiger partial charge in [0.2, 0.25) is 0 Å². The van der Waals surface area contributed by atoms with E-state index in [1.807, 2.05) is 19.1 Å². The van der Waals surface area contributed by atoms with Gasteiger partial charge in [0, 0.05) is 40.3 Å². The van der Waals surface area contributed by atoms with Crippen molar-refractivity contribution in [1.82, 2.24) is 5.32 Å². The van der Waals surface area contributed by atoms with Crippen molar-refractivity contribution in [1.29, 1.82) is 0 Å². The fraction of sp³-hybridized carbons (Fsp3) is 0.174. The number of carbonyl (C=O) groups is 3. The Morgan fingerprint density at radius 2 is 2.10 bits per heavy atom. The van der Waals surface area contributed by atoms with Crippen LogP contribution in [-0.4, -0.2) is 30.2 Å². The molecule has 1 aliphatic heterocycles. The molecule has 0 aliphatic carbocycles. The van der Waals surface area contributed by atoms with Gasteiger partial charge in [-0.3, -0.25) is 14.4 Å². The SMILES string of the molecule is C=CC(=O)Cc1cccc(NC(=O)c2ccc3sc4c(c3c2)NC[C@@H](C)NC4=O)c1. The highest BCUT2D eigenvalue weighted by atomic mass is 32.1. The van der Waals surface area contributed by atoms with Gasteiger partial charge in [-0.1, -0.05) is 18.7 Å². The molecule has 7 heteroatoms. The third-order valence-corrected chi connectivity index (χ3v) is 6.08. The van der Waals surface area contributed by atoms with E-state index >= 15 is 0 Å². The molecule has 2 aromatic carbocycles. The summed E-state index contributed by atoms with van der Waals surface area (Å²) in [5, 5.41) is 10.0. The smallest absolute Gasteiger partial charge is 0.263 e. The number of nitrogens with one attached hydrogen (secondary N) is 3. The minimum Gasteiger partial charge on any atom is -0.381 e. The van der Waals surface area contributed by atoms with Crippen molar-refractivity contribution in [3.63, 3.8) is 0 Å². The van der Waals surface area contributed by atoms with Gasteiger partial charge in [0.25, 0.3) is 11.8 Å². The van der Waals surface area contributed by atoms with Crippen LogP contribution in [0.4, 0.5) is 11.4 Å². The second-order valence-electron chi connectivity index (χ2n) is 7.27. The van der Waals surface area contributed by atoms with Gasteiger partial charge in [-0.05, 0) is 48.9 Å². The quantitative estimate of drug-likeness (QED) is 0.546. The molecule has 1 atom stereocenters. The fourth-order valence-electron chi connectivity index (χ4n) is 3.41. The molecular formula is C23H21N3O3S. The van der Waals surface area contributed by atoms with Crippen LogP contribution in [0, 0.1) is 0 Å². The predicted octanol–water partition coefficient (Wildman–Crippen LogP) is 4.00. The average molecular weight is 420 g/mol. The van der Waals surface area contributed by atoms with E-state index in [0.717, 1.165) is 21.3 Å². The molecule has 3 aromatic rings. The second kappa shape index (κ2) is 8.12. The van der Waals surface area contributed by atoms with E-state index in [9.17, 15) is 14.4 Å². The third kappa shape index (κ3) is 3.97. The number of amides is 2. The number of carbonyl (C=O) groups excluding carboxylic acids is 3. The van der Waals surface area contributed by atoms with Crippen molar-refractivity contribution in [2.75, 3.05) is 17.2 Å². The molecule has 4 rings (SSSR count). The number of fused-ring (bicyclic) bond motifs is 3. The molecule has 6 nitrogen and oxygen atoms in total. The van der Waals surface area contributed by atoms with Gasteiger partial charge in [0.15, 0.2) is 5.78 Å². The van der Waals surface area contributed by atoms with Gasteiger partial charge in [0.05, 0.1) is 5.69 Å². The Morgan fingerprint density at radius 3 is 2.90 bits per heavy atom. The molecule has 3 N–H and O–H groups in total. The lowest BCUT2D eigenvalue weighted by Gasteiger charge is -2.10. The summed E-state index contributed by atoms with van der Waals surface area (Å²) in [5.41, 5.74) is 2.69. The molecule has 1 aliphatic rings. The second-order valence-corrected chi connectivity index (χ2v) is 8.33. The minimum absolute atomic E-state index is 0.0267. The molecule has 0 radical (unpaired) electrons. The fourth-order valence-corrected chi connectivity index (χ4v) is 4.47. The highest BCUT2D eigenvalue weighted by molar-refractivity contribution is 7.21. The van der Waals surface area contributed by atoms with Gasteiger partial charge < -0.3 is 16.0 Å². The first-order valence-corrected chi connectivity index (χ1v) is 10.4. The third-order valence-electron chi connectivity index (χ3n) is 4.91. The molecule has 0 unspecified atom stereocenters. The van der Waals surface area contributed by atoms with E-state index in [0.29, 0.717) is 22.7 Å². The van der Waals surface area contributed by atoms with Crippen LogP contribution in [0.2, 0.25) is 0 Å². The van der Waals surface area contributed by atoms with Gasteiger partial charge in [-0.15, -0.1) is 11.3 Å². The Hall–Kier alpha value is -3.45. The summed E-state index contributed by atoms with van der Waals surface area (Å²) >= 11 is 1.41. The maximum absolute atomic E-state index is 12.8. The van der Waals surface area contributed by atoms with Crippen molar-refractivity contribution in [3.05, 3.63) is 71.1 Å². The van der Waals surface area contributed by atoms with Crippen LogP contribution in [0.25, 0.3) is 10.1 Å². The zero-order chi connectivity index (χ0) is 21.3. The zero-order valence-corrected chi connectivity index (χ0v) is 17.3. The summed E-state index contributed by atoms with van der Waals surface area (Å²) in [6.45, 7) is 6.05. The van der Waals surface area contributed by atoms with E-state index in [1.165, 1.54) is 17.4 Å². The highest BCUT2D eigenvalue weighted by Gasteiger charge is 2.24. The predicted molar refractivity (Wildman–Crippen MR) is 121 cm³/mol. The summed E-state index contributed by atoms with van der Waals surface area (Å²) in [5.74, 6) is -0.427. The molecule has 152 valence electrons. The number of allylic oxidation sites excluding steroid dienone is 1. The number of ketones is 1. The van der Waals surface area contributed by atoms with Gasteiger partial charge >= 0.3 is 0 Å². The Balaban J connectivity index is 1.60. The summed E-state index contributed by atoms with van der Waals surface area (Å²) in [7, 11) is 0. The number of hydrogen-bond donors (Lipinski definition) is 3. The van der Waals surface area contributed by atoms with E-state index in [4.69, 9.17) is 0 Å². The average Bonchev–Trinajstić information content (AvgIpc) is 3.03. The van der Waals surface area contributed by atoms with Crippen molar-refractivity contribution in [3.8, 4) is 0 Å². The van der Waals surface area contributed by atoms with Crippen LogP contribution in [0.15, 0.2) is 55.1 Å². The lowest BCUT2D eigenvalue weighted by Crippen LogP contribution is -2.34. The molecule has 0 saturated carbocycles. The summed E-state index contributed by atoms with van der Waals surface area (Å²) in [6, 6.07) is 12.6. The summed E-state index contributed by atoms with van der Waals surface area (Å²) in [6.07, 6.45) is 1.53. The Bertz CT molecular complexity index is 1180. The molecule has 30 heavy (non-hydrogen) atoms. The molecule has 2 heterocycles. The first kappa shape index (κ1) is 19.8. The summed E-state index contributed by atoms with van der Waals surface area (Å²) < 4.78 is 0.943. The van der Waals surface area contributed by atoms with E-state index in [1.54, 1.807) is 30.3 Å². The van der Waals surface area contributed by atoms with Crippen molar-refractivity contribution < 1.29 is 14.4 Å². The van der Waals surface area contributed by atoms with E-state index < -0.39 is 0 Å². The van der Waals surface area contributed by atoms with Crippen molar-refractivity contribution in [2.24, 2.45) is 0 Å². The molecule has 0 spiro atoms. The number of hydrogen-bond acceptors (Lipinski definition) is 5. The van der Waals surface area contributed by atoms with E-state index in [2.05, 4.69) is 22.5 Å². The lowest BCUT2D eigenvalue weighted by atomic mass is 10.1. The largest absolute Gasteiger partial charge is 0.381 e. The molecule has 0 saturated heterocycles. The zero-order valence-electron chi connectivity index (χ0n) is 16.5. The van der Waals surface area contributed by atoms with Crippen molar-refractivity contribution in [2.45, 2.75) is 19.4 Å². The normalized spacial score (nSPS) is 15.5. The molecule has 0 fully saturated rings. The van der Waals surface area contributed by atoms with Gasteiger partial charge in [-0.2, -0.15) is 0 Å². The van der Waals surface area contributed by atoms with Gasteiger partial charge in [0.1, 0.15) is 4.88 Å².